The Morgan fingerprint density at radius 2 is 1.95 bits per heavy atom. The van der Waals surface area contributed by atoms with Crippen molar-refractivity contribution in [2.45, 2.75) is 0 Å². The van der Waals surface area contributed by atoms with Gasteiger partial charge in [-0.15, -0.1) is 0 Å². The number of rotatable bonds is 4. The summed E-state index contributed by atoms with van der Waals surface area (Å²) < 4.78 is 11.1. The number of hydrogen-bond acceptors (Lipinski definition) is 5. The molecule has 0 spiro atoms. The van der Waals surface area contributed by atoms with Crippen LogP contribution in [-0.2, 0) is 0 Å². The van der Waals surface area contributed by atoms with E-state index in [-0.39, 0.29) is 0 Å². The van der Waals surface area contributed by atoms with Gasteiger partial charge >= 0.3 is 0 Å². The van der Waals surface area contributed by atoms with Crippen LogP contribution in [0.3, 0.4) is 0 Å². The monoisotopic (exact) mass is 318 g/mol. The summed E-state index contributed by atoms with van der Waals surface area (Å²) in [7, 11) is 1.58. The summed E-state index contributed by atoms with van der Waals surface area (Å²) in [6.45, 7) is 0. The zero-order chi connectivity index (χ0) is 14.7. The summed E-state index contributed by atoms with van der Waals surface area (Å²) in [4.78, 5) is 8.37. The van der Waals surface area contributed by atoms with E-state index in [4.69, 9.17) is 21.1 Å². The van der Waals surface area contributed by atoms with E-state index in [1.54, 1.807) is 25.4 Å². The zero-order valence-corrected chi connectivity index (χ0v) is 12.7. The number of ether oxygens (including phenoxy) is 2. The van der Waals surface area contributed by atoms with Gasteiger partial charge in [-0.3, -0.25) is 0 Å². The molecular formula is C15H11ClN2O2S. The Labute approximate surface area is 131 Å². The molecular weight excluding hydrogens is 308 g/mol. The first-order valence-electron chi connectivity index (χ1n) is 6.16. The van der Waals surface area contributed by atoms with Crippen molar-refractivity contribution in [1.29, 1.82) is 0 Å². The predicted octanol–water partition coefficient (Wildman–Crippen LogP) is 4.66. The summed E-state index contributed by atoms with van der Waals surface area (Å²) in [6, 6.07) is 13.2. The van der Waals surface area contributed by atoms with Crippen LogP contribution in [0, 0.1) is 0 Å². The standard InChI is InChI=1S/C15H11ClN2O2S/c1-19-15-18-13(10-5-3-2-4-6-10)14(21-15)20-11-7-8-17-12(16)9-11/h2-9H,1H3. The van der Waals surface area contributed by atoms with E-state index >= 15 is 0 Å². The van der Waals surface area contributed by atoms with Crippen molar-refractivity contribution in [3.8, 4) is 27.3 Å². The average molecular weight is 319 g/mol. The largest absolute Gasteiger partial charge is 0.473 e. The molecule has 0 aliphatic carbocycles. The molecule has 6 heteroatoms. The van der Waals surface area contributed by atoms with Gasteiger partial charge in [-0.05, 0) is 17.4 Å². The second-order valence-corrected chi connectivity index (χ2v) is 5.41. The molecule has 1 aromatic carbocycles. The van der Waals surface area contributed by atoms with Gasteiger partial charge in [0.25, 0.3) is 5.19 Å². The Morgan fingerprint density at radius 1 is 1.14 bits per heavy atom. The molecule has 0 unspecified atom stereocenters. The second-order valence-electron chi connectivity index (χ2n) is 4.10. The molecule has 4 nitrogen and oxygen atoms in total. The normalized spacial score (nSPS) is 10.4. The molecule has 3 rings (SSSR count). The van der Waals surface area contributed by atoms with Gasteiger partial charge in [0, 0.05) is 17.8 Å². The van der Waals surface area contributed by atoms with Crippen molar-refractivity contribution in [1.82, 2.24) is 9.97 Å². The zero-order valence-electron chi connectivity index (χ0n) is 11.1. The van der Waals surface area contributed by atoms with E-state index in [0.29, 0.717) is 21.2 Å². The van der Waals surface area contributed by atoms with E-state index in [0.717, 1.165) is 11.3 Å². The minimum atomic E-state index is 0.380. The smallest absolute Gasteiger partial charge is 0.277 e. The Balaban J connectivity index is 2.00. The van der Waals surface area contributed by atoms with Crippen molar-refractivity contribution in [3.63, 3.8) is 0 Å². The lowest BCUT2D eigenvalue weighted by molar-refractivity contribution is 0.412. The highest BCUT2D eigenvalue weighted by atomic mass is 35.5. The summed E-state index contributed by atoms with van der Waals surface area (Å²) in [5.74, 6) is 0.610. The fourth-order valence-corrected chi connectivity index (χ4v) is 2.72. The Hall–Kier alpha value is -2.11. The van der Waals surface area contributed by atoms with Gasteiger partial charge in [0.05, 0.1) is 7.11 Å². The maximum absolute atomic E-state index is 5.88. The number of halogens is 1. The third-order valence-corrected chi connectivity index (χ3v) is 3.81. The highest BCUT2D eigenvalue weighted by Gasteiger charge is 2.16. The Morgan fingerprint density at radius 3 is 2.67 bits per heavy atom. The molecule has 0 amide bonds. The van der Waals surface area contributed by atoms with E-state index in [9.17, 15) is 0 Å². The summed E-state index contributed by atoms with van der Waals surface area (Å²) in [6.07, 6.45) is 1.60. The van der Waals surface area contributed by atoms with Crippen LogP contribution in [0.15, 0.2) is 48.7 Å². The van der Waals surface area contributed by atoms with Crippen LogP contribution in [0.2, 0.25) is 5.15 Å². The maximum Gasteiger partial charge on any atom is 0.277 e. The molecule has 0 radical (unpaired) electrons. The van der Waals surface area contributed by atoms with E-state index in [1.165, 1.54) is 11.3 Å². The van der Waals surface area contributed by atoms with Crippen molar-refractivity contribution >= 4 is 22.9 Å². The van der Waals surface area contributed by atoms with E-state index in [2.05, 4.69) is 9.97 Å². The van der Waals surface area contributed by atoms with Crippen molar-refractivity contribution in [3.05, 3.63) is 53.8 Å². The molecule has 0 aliphatic heterocycles. The molecule has 106 valence electrons. The highest BCUT2D eigenvalue weighted by molar-refractivity contribution is 7.15. The first-order chi connectivity index (χ1) is 10.3. The van der Waals surface area contributed by atoms with Crippen molar-refractivity contribution in [2.24, 2.45) is 0 Å². The average Bonchev–Trinajstić information content (AvgIpc) is 2.91. The maximum atomic E-state index is 5.88. The molecule has 0 saturated heterocycles. The minimum Gasteiger partial charge on any atom is -0.473 e. The molecule has 2 heterocycles. The number of pyridine rings is 1. The van der Waals surface area contributed by atoms with Gasteiger partial charge in [0.2, 0.25) is 5.06 Å². The van der Waals surface area contributed by atoms with Gasteiger partial charge in [-0.1, -0.05) is 41.9 Å². The first kappa shape index (κ1) is 13.9. The van der Waals surface area contributed by atoms with Crippen LogP contribution in [0.5, 0.6) is 16.0 Å². The van der Waals surface area contributed by atoms with Crippen molar-refractivity contribution < 1.29 is 9.47 Å². The van der Waals surface area contributed by atoms with Crippen LogP contribution in [-0.4, -0.2) is 17.1 Å². The van der Waals surface area contributed by atoms with Crippen LogP contribution in [0.1, 0.15) is 0 Å². The number of benzene rings is 1. The SMILES string of the molecule is COc1nc(-c2ccccc2)c(Oc2ccnc(Cl)c2)s1. The molecule has 0 bridgehead atoms. The van der Waals surface area contributed by atoms with Crippen LogP contribution >= 0.6 is 22.9 Å². The van der Waals surface area contributed by atoms with Crippen LogP contribution in [0.25, 0.3) is 11.3 Å². The van der Waals surface area contributed by atoms with Crippen LogP contribution < -0.4 is 9.47 Å². The molecule has 3 aromatic rings. The van der Waals surface area contributed by atoms with E-state index in [1.807, 2.05) is 30.3 Å². The Kier molecular flexibility index (Phi) is 4.03. The summed E-state index contributed by atoms with van der Waals surface area (Å²) in [5.41, 5.74) is 1.71. The molecule has 21 heavy (non-hydrogen) atoms. The van der Waals surface area contributed by atoms with E-state index < -0.39 is 0 Å². The van der Waals surface area contributed by atoms with Gasteiger partial charge < -0.3 is 9.47 Å². The molecule has 0 atom stereocenters. The lowest BCUT2D eigenvalue weighted by Crippen LogP contribution is -1.86. The fourth-order valence-electron chi connectivity index (χ4n) is 1.78. The molecule has 0 fully saturated rings. The lowest BCUT2D eigenvalue weighted by Gasteiger charge is -2.05. The summed E-state index contributed by atoms with van der Waals surface area (Å²) >= 11 is 7.21. The van der Waals surface area contributed by atoms with Gasteiger partial charge in [-0.25, -0.2) is 4.98 Å². The van der Waals surface area contributed by atoms with Gasteiger partial charge in [0.15, 0.2) is 0 Å². The number of nitrogens with zero attached hydrogens (tertiary/aromatic N) is 2. The third-order valence-electron chi connectivity index (χ3n) is 2.71. The van der Waals surface area contributed by atoms with Crippen LogP contribution in [0.4, 0.5) is 0 Å². The van der Waals surface area contributed by atoms with Gasteiger partial charge in [0.1, 0.15) is 16.6 Å². The number of thiazole rings is 1. The third kappa shape index (κ3) is 3.15. The van der Waals surface area contributed by atoms with Crippen molar-refractivity contribution in [2.75, 3.05) is 7.11 Å². The lowest BCUT2D eigenvalue weighted by atomic mass is 10.2. The number of hydrogen-bond donors (Lipinski definition) is 0. The fraction of sp³-hybridized carbons (Fsp3) is 0.0667. The summed E-state index contributed by atoms with van der Waals surface area (Å²) in [5, 5.41) is 1.58. The molecule has 0 aliphatic rings. The molecule has 2 aromatic heterocycles. The topological polar surface area (TPSA) is 44.2 Å². The number of methoxy groups -OCH3 is 1. The minimum absolute atomic E-state index is 0.380. The molecule has 0 N–H and O–H groups in total. The quantitative estimate of drug-likeness (QED) is 0.656. The predicted molar refractivity (Wildman–Crippen MR) is 83.4 cm³/mol. The second kappa shape index (κ2) is 6.11. The first-order valence-corrected chi connectivity index (χ1v) is 7.35. The molecule has 0 saturated carbocycles. The Bertz CT molecular complexity index is 746. The van der Waals surface area contributed by atoms with Gasteiger partial charge in [-0.2, -0.15) is 4.98 Å². The highest BCUT2D eigenvalue weighted by Crippen LogP contribution is 2.41. The number of aromatic nitrogens is 2.